The highest BCUT2D eigenvalue weighted by molar-refractivity contribution is 6.02. The number of rotatable bonds is 6. The summed E-state index contributed by atoms with van der Waals surface area (Å²) in [7, 11) is 1.53. The van der Waals surface area contributed by atoms with E-state index >= 15 is 0 Å². The molecule has 1 aromatic heterocycles. The fraction of sp³-hybridized carbons (Fsp3) is 0.227. The number of methoxy groups -OCH3 is 1. The van der Waals surface area contributed by atoms with Crippen LogP contribution in [0.5, 0.6) is 5.75 Å². The first-order valence-electron chi connectivity index (χ1n) is 9.24. The molecule has 3 rings (SSSR count). The van der Waals surface area contributed by atoms with Crippen molar-refractivity contribution in [1.82, 2.24) is 5.32 Å². The van der Waals surface area contributed by atoms with Gasteiger partial charge in [-0.05, 0) is 49.2 Å². The molecular weight excluding hydrogens is 388 g/mol. The Morgan fingerprint density at radius 3 is 2.47 bits per heavy atom. The number of furan rings is 1. The Morgan fingerprint density at radius 2 is 1.77 bits per heavy atom. The lowest BCUT2D eigenvalue weighted by Gasteiger charge is -2.08. The molecule has 1 heterocycles. The summed E-state index contributed by atoms with van der Waals surface area (Å²) in [6, 6.07) is 9.70. The van der Waals surface area contributed by atoms with Crippen LogP contribution in [0.25, 0.3) is 11.0 Å². The zero-order valence-electron chi connectivity index (χ0n) is 16.9. The van der Waals surface area contributed by atoms with Gasteiger partial charge in [0.2, 0.25) is 0 Å². The van der Waals surface area contributed by atoms with Crippen molar-refractivity contribution < 1.29 is 28.3 Å². The van der Waals surface area contributed by atoms with Gasteiger partial charge in [-0.1, -0.05) is 12.1 Å². The maximum atomic E-state index is 12.1. The Kier molecular flexibility index (Phi) is 6.36. The van der Waals surface area contributed by atoms with Gasteiger partial charge in [-0.2, -0.15) is 0 Å². The molecule has 0 unspecified atom stereocenters. The molecule has 8 heteroatoms. The normalized spacial score (nSPS) is 10.5. The van der Waals surface area contributed by atoms with E-state index in [-0.39, 0.29) is 6.42 Å². The molecule has 0 aliphatic rings. The number of esters is 1. The second-order valence-electron chi connectivity index (χ2n) is 6.71. The van der Waals surface area contributed by atoms with Gasteiger partial charge >= 0.3 is 12.0 Å². The minimum Gasteiger partial charge on any atom is -0.497 e. The summed E-state index contributed by atoms with van der Waals surface area (Å²) >= 11 is 0. The lowest BCUT2D eigenvalue weighted by atomic mass is 10.0. The number of hydrogen-bond acceptors (Lipinski definition) is 6. The van der Waals surface area contributed by atoms with Crippen LogP contribution in [0.4, 0.5) is 10.5 Å². The SMILES string of the molecule is COc1ccc(NC(=O)NC(=O)COC(=O)Cc2coc3c(C)c(C)ccc23)cc1. The van der Waals surface area contributed by atoms with Crippen molar-refractivity contribution in [3.63, 3.8) is 0 Å². The second-order valence-corrected chi connectivity index (χ2v) is 6.71. The van der Waals surface area contributed by atoms with E-state index in [0.717, 1.165) is 22.1 Å². The zero-order chi connectivity index (χ0) is 21.7. The number of anilines is 1. The summed E-state index contributed by atoms with van der Waals surface area (Å²) in [5, 5.41) is 5.43. The molecule has 30 heavy (non-hydrogen) atoms. The van der Waals surface area contributed by atoms with Crippen molar-refractivity contribution in [2.24, 2.45) is 0 Å². The molecule has 0 spiro atoms. The van der Waals surface area contributed by atoms with Crippen LogP contribution in [0, 0.1) is 13.8 Å². The number of ether oxygens (including phenoxy) is 2. The van der Waals surface area contributed by atoms with Crippen LogP contribution in [-0.4, -0.2) is 31.6 Å². The Morgan fingerprint density at radius 1 is 1.03 bits per heavy atom. The van der Waals surface area contributed by atoms with Crippen molar-refractivity contribution in [2.75, 3.05) is 19.0 Å². The number of carbonyl (C=O) groups is 3. The lowest BCUT2D eigenvalue weighted by molar-refractivity contribution is -0.147. The van der Waals surface area contributed by atoms with Gasteiger partial charge in [-0.25, -0.2) is 4.79 Å². The fourth-order valence-corrected chi connectivity index (χ4v) is 2.88. The molecule has 0 fully saturated rings. The molecule has 2 N–H and O–H groups in total. The molecule has 0 atom stereocenters. The van der Waals surface area contributed by atoms with Gasteiger partial charge in [0.1, 0.15) is 11.3 Å². The predicted molar refractivity (Wildman–Crippen MR) is 111 cm³/mol. The van der Waals surface area contributed by atoms with E-state index in [4.69, 9.17) is 13.9 Å². The molecule has 8 nitrogen and oxygen atoms in total. The molecule has 0 aliphatic carbocycles. The summed E-state index contributed by atoms with van der Waals surface area (Å²) in [4.78, 5) is 35.8. The molecule has 0 bridgehead atoms. The van der Waals surface area contributed by atoms with E-state index in [0.29, 0.717) is 17.0 Å². The van der Waals surface area contributed by atoms with Gasteiger partial charge in [0.25, 0.3) is 5.91 Å². The highest BCUT2D eigenvalue weighted by Gasteiger charge is 2.15. The Labute approximate surface area is 173 Å². The second kappa shape index (κ2) is 9.13. The molecule has 0 radical (unpaired) electrons. The Hall–Kier alpha value is -3.81. The van der Waals surface area contributed by atoms with Gasteiger partial charge in [0, 0.05) is 16.6 Å². The highest BCUT2D eigenvalue weighted by atomic mass is 16.5. The number of amides is 3. The topological polar surface area (TPSA) is 107 Å². The van der Waals surface area contributed by atoms with Crippen LogP contribution < -0.4 is 15.4 Å². The number of benzene rings is 2. The zero-order valence-corrected chi connectivity index (χ0v) is 16.9. The average Bonchev–Trinajstić information content (AvgIpc) is 3.13. The smallest absolute Gasteiger partial charge is 0.325 e. The first-order chi connectivity index (χ1) is 14.4. The van der Waals surface area contributed by atoms with Gasteiger partial charge < -0.3 is 19.2 Å². The van der Waals surface area contributed by atoms with Crippen LogP contribution in [0.15, 0.2) is 47.1 Å². The van der Waals surface area contributed by atoms with Crippen molar-refractivity contribution in [1.29, 1.82) is 0 Å². The van der Waals surface area contributed by atoms with E-state index in [2.05, 4.69) is 10.6 Å². The molecule has 3 amide bonds. The number of imide groups is 1. The summed E-state index contributed by atoms with van der Waals surface area (Å²) in [6.45, 7) is 3.36. The standard InChI is InChI=1S/C22H22N2O6/c1-13-4-9-18-15(11-30-21(18)14(13)2)10-20(26)29-12-19(25)24-22(27)23-16-5-7-17(28-3)8-6-16/h4-9,11H,10,12H2,1-3H3,(H2,23,24,25,27). The third-order valence-electron chi connectivity index (χ3n) is 4.64. The maximum absolute atomic E-state index is 12.1. The van der Waals surface area contributed by atoms with Gasteiger partial charge in [-0.3, -0.25) is 14.9 Å². The number of carbonyl (C=O) groups excluding carboxylic acids is 3. The summed E-state index contributed by atoms with van der Waals surface area (Å²) in [5.41, 5.74) is 3.99. The molecule has 0 aliphatic heterocycles. The number of urea groups is 1. The van der Waals surface area contributed by atoms with E-state index in [9.17, 15) is 14.4 Å². The third kappa shape index (κ3) is 4.96. The average molecular weight is 410 g/mol. The van der Waals surface area contributed by atoms with E-state index in [1.54, 1.807) is 24.3 Å². The van der Waals surface area contributed by atoms with E-state index < -0.39 is 24.5 Å². The van der Waals surface area contributed by atoms with Crippen LogP contribution in [0.2, 0.25) is 0 Å². The van der Waals surface area contributed by atoms with Crippen LogP contribution in [0.3, 0.4) is 0 Å². The highest BCUT2D eigenvalue weighted by Crippen LogP contribution is 2.26. The summed E-state index contributed by atoms with van der Waals surface area (Å²) in [6.07, 6.45) is 1.47. The molecular formula is C22H22N2O6. The molecule has 0 saturated carbocycles. The van der Waals surface area contributed by atoms with Crippen molar-refractivity contribution >= 4 is 34.6 Å². The Balaban J connectivity index is 1.48. The lowest BCUT2D eigenvalue weighted by Crippen LogP contribution is -2.37. The van der Waals surface area contributed by atoms with Gasteiger partial charge in [0.05, 0.1) is 19.8 Å². The van der Waals surface area contributed by atoms with Gasteiger partial charge in [-0.15, -0.1) is 0 Å². The van der Waals surface area contributed by atoms with Crippen LogP contribution >= 0.6 is 0 Å². The molecule has 156 valence electrons. The van der Waals surface area contributed by atoms with E-state index in [1.807, 2.05) is 26.0 Å². The summed E-state index contributed by atoms with van der Waals surface area (Å²) < 4.78 is 15.6. The number of nitrogens with one attached hydrogen (secondary N) is 2. The minimum absolute atomic E-state index is 0.0408. The van der Waals surface area contributed by atoms with Crippen LogP contribution in [0.1, 0.15) is 16.7 Å². The molecule has 0 saturated heterocycles. The van der Waals surface area contributed by atoms with Crippen molar-refractivity contribution in [3.05, 3.63) is 59.4 Å². The number of aryl methyl sites for hydroxylation is 2. The first-order valence-corrected chi connectivity index (χ1v) is 9.24. The molecule has 2 aromatic carbocycles. The largest absolute Gasteiger partial charge is 0.497 e. The quantitative estimate of drug-likeness (QED) is 0.603. The van der Waals surface area contributed by atoms with Crippen LogP contribution in [-0.2, 0) is 20.7 Å². The monoisotopic (exact) mass is 410 g/mol. The maximum Gasteiger partial charge on any atom is 0.325 e. The fourth-order valence-electron chi connectivity index (χ4n) is 2.88. The number of hydrogen-bond donors (Lipinski definition) is 2. The minimum atomic E-state index is -0.738. The van der Waals surface area contributed by atoms with Gasteiger partial charge in [0.15, 0.2) is 6.61 Å². The number of fused-ring (bicyclic) bond motifs is 1. The predicted octanol–water partition coefficient (Wildman–Crippen LogP) is 3.49. The summed E-state index contributed by atoms with van der Waals surface area (Å²) in [5.74, 6) is -0.695. The first kappa shape index (κ1) is 20.9. The third-order valence-corrected chi connectivity index (χ3v) is 4.64. The Bertz CT molecular complexity index is 1080. The van der Waals surface area contributed by atoms with E-state index in [1.165, 1.54) is 13.4 Å². The van der Waals surface area contributed by atoms with Crippen molar-refractivity contribution in [3.8, 4) is 5.75 Å². The molecule has 3 aromatic rings. The van der Waals surface area contributed by atoms with Crippen molar-refractivity contribution in [2.45, 2.75) is 20.3 Å².